The lowest BCUT2D eigenvalue weighted by atomic mass is 9.84. The highest BCUT2D eigenvalue weighted by molar-refractivity contribution is 5.77. The van der Waals surface area contributed by atoms with Crippen molar-refractivity contribution in [3.63, 3.8) is 0 Å². The van der Waals surface area contributed by atoms with Gasteiger partial charge in [-0.3, -0.25) is 4.79 Å². The van der Waals surface area contributed by atoms with E-state index in [1.807, 2.05) is 42.5 Å². The van der Waals surface area contributed by atoms with E-state index in [1.54, 1.807) is 17.7 Å². The van der Waals surface area contributed by atoms with E-state index >= 15 is 0 Å². The van der Waals surface area contributed by atoms with Gasteiger partial charge in [-0.2, -0.15) is 4.98 Å². The van der Waals surface area contributed by atoms with Crippen molar-refractivity contribution in [2.24, 2.45) is 0 Å². The number of aromatic nitrogens is 5. The number of rotatable bonds is 5. The second kappa shape index (κ2) is 7.72. The lowest BCUT2D eigenvalue weighted by Gasteiger charge is -2.30. The molecule has 0 amide bonds. The van der Waals surface area contributed by atoms with Crippen LogP contribution in [0.2, 0.25) is 0 Å². The van der Waals surface area contributed by atoms with Crippen molar-refractivity contribution in [1.82, 2.24) is 24.3 Å². The van der Waals surface area contributed by atoms with Crippen molar-refractivity contribution in [3.05, 3.63) is 82.9 Å². The number of hydrogen-bond donors (Lipinski definition) is 2. The second-order valence-electron chi connectivity index (χ2n) is 8.21. The van der Waals surface area contributed by atoms with Crippen molar-refractivity contribution in [1.29, 1.82) is 0 Å². The third-order valence-electron chi connectivity index (χ3n) is 5.81. The summed E-state index contributed by atoms with van der Waals surface area (Å²) in [6.45, 7) is 5.86. The minimum atomic E-state index is -1.01. The highest BCUT2D eigenvalue weighted by atomic mass is 16.3. The largest absolute Gasteiger partial charge is 0.384 e. The molecule has 1 atom stereocenters. The average Bonchev–Trinajstić information content (AvgIpc) is 3.06. The van der Waals surface area contributed by atoms with Crippen LogP contribution in [-0.2, 0) is 18.6 Å². The normalized spacial score (nSPS) is 17.8. The molecule has 3 aromatic heterocycles. The first kappa shape index (κ1) is 20.1. The molecule has 0 saturated carbocycles. The molecule has 0 spiro atoms. The number of nitrogens with one attached hydrogen (secondary N) is 1. The molecule has 0 saturated heterocycles. The van der Waals surface area contributed by atoms with Crippen molar-refractivity contribution in [2.75, 3.05) is 5.32 Å². The van der Waals surface area contributed by atoms with Crippen molar-refractivity contribution >= 4 is 22.7 Å². The van der Waals surface area contributed by atoms with Crippen LogP contribution in [-0.4, -0.2) is 29.4 Å². The summed E-state index contributed by atoms with van der Waals surface area (Å²) >= 11 is 0. The number of benzene rings is 1. The van der Waals surface area contributed by atoms with Gasteiger partial charge in [-0.15, -0.1) is 6.58 Å². The van der Waals surface area contributed by atoms with Gasteiger partial charge in [0, 0.05) is 11.9 Å². The second-order valence-corrected chi connectivity index (χ2v) is 8.21. The third-order valence-corrected chi connectivity index (χ3v) is 5.81. The van der Waals surface area contributed by atoms with Crippen LogP contribution in [0.15, 0.2) is 66.1 Å². The van der Waals surface area contributed by atoms with Crippen molar-refractivity contribution < 1.29 is 5.11 Å². The molecule has 5 rings (SSSR count). The van der Waals surface area contributed by atoms with Gasteiger partial charge in [0.15, 0.2) is 11.5 Å². The number of fused-ring (bicyclic) bond motifs is 2. The van der Waals surface area contributed by atoms with E-state index in [9.17, 15) is 9.90 Å². The van der Waals surface area contributed by atoms with E-state index in [2.05, 4.69) is 21.9 Å². The number of allylic oxidation sites excluding steroid dienone is 1. The van der Waals surface area contributed by atoms with Gasteiger partial charge in [0.1, 0.15) is 11.0 Å². The third kappa shape index (κ3) is 3.38. The van der Waals surface area contributed by atoms with Crippen LogP contribution in [0.3, 0.4) is 0 Å². The zero-order chi connectivity index (χ0) is 22.3. The van der Waals surface area contributed by atoms with Crippen LogP contribution in [0, 0.1) is 0 Å². The monoisotopic (exact) mass is 428 g/mol. The molecule has 1 aromatic carbocycles. The number of hydrogen-bond acceptors (Lipinski definition) is 6. The van der Waals surface area contributed by atoms with Crippen LogP contribution < -0.4 is 10.9 Å². The van der Waals surface area contributed by atoms with E-state index in [0.717, 1.165) is 24.1 Å². The number of aliphatic hydroxyl groups is 1. The first-order valence-electron chi connectivity index (χ1n) is 10.6. The standard InChI is InChI=1S/C24H24N6O2/c1-3-14-29-22(31)18-15-25-23(26-17-9-5-4-6-10-17)28-21(18)30(29)19-12-11-16-8-7-13-24(2,32)20(16)27-19/h3-6,9-12,15,32H,1,7-8,13-14H2,2H3,(H,25,26,28). The Morgan fingerprint density at radius 3 is 2.81 bits per heavy atom. The van der Waals surface area contributed by atoms with E-state index in [1.165, 1.54) is 10.9 Å². The summed E-state index contributed by atoms with van der Waals surface area (Å²) in [6, 6.07) is 13.4. The first-order chi connectivity index (χ1) is 15.5. The predicted molar refractivity (Wildman–Crippen MR) is 123 cm³/mol. The van der Waals surface area contributed by atoms with E-state index in [4.69, 9.17) is 4.98 Å². The van der Waals surface area contributed by atoms with E-state index in [0.29, 0.717) is 34.9 Å². The van der Waals surface area contributed by atoms with Crippen LogP contribution >= 0.6 is 0 Å². The molecule has 1 aliphatic carbocycles. The summed E-state index contributed by atoms with van der Waals surface area (Å²) in [5, 5.41) is 14.5. The lowest BCUT2D eigenvalue weighted by molar-refractivity contribution is 0.0339. The Hall–Kier alpha value is -3.78. The molecule has 2 N–H and O–H groups in total. The number of anilines is 2. The highest BCUT2D eigenvalue weighted by Crippen LogP contribution is 2.34. The van der Waals surface area contributed by atoms with Gasteiger partial charge in [0.25, 0.3) is 5.56 Å². The maximum Gasteiger partial charge on any atom is 0.278 e. The zero-order valence-corrected chi connectivity index (χ0v) is 17.8. The number of pyridine rings is 1. The van der Waals surface area contributed by atoms with Crippen LogP contribution in [0.25, 0.3) is 16.9 Å². The zero-order valence-electron chi connectivity index (χ0n) is 17.8. The molecular weight excluding hydrogens is 404 g/mol. The van der Waals surface area contributed by atoms with Gasteiger partial charge in [-0.1, -0.05) is 30.3 Å². The van der Waals surface area contributed by atoms with Gasteiger partial charge < -0.3 is 10.4 Å². The van der Waals surface area contributed by atoms with E-state index < -0.39 is 5.60 Å². The van der Waals surface area contributed by atoms with Crippen LogP contribution in [0.4, 0.5) is 11.6 Å². The van der Waals surface area contributed by atoms with Gasteiger partial charge in [0.05, 0.1) is 12.2 Å². The Morgan fingerprint density at radius 1 is 1.22 bits per heavy atom. The quantitative estimate of drug-likeness (QED) is 0.473. The van der Waals surface area contributed by atoms with Gasteiger partial charge in [-0.05, 0) is 49.9 Å². The first-order valence-corrected chi connectivity index (χ1v) is 10.6. The molecule has 1 unspecified atom stereocenters. The molecule has 4 aromatic rings. The fourth-order valence-corrected chi connectivity index (χ4v) is 4.26. The molecule has 8 nitrogen and oxygen atoms in total. The minimum Gasteiger partial charge on any atom is -0.384 e. The predicted octanol–water partition coefficient (Wildman–Crippen LogP) is 3.45. The fraction of sp³-hybridized carbons (Fsp3) is 0.250. The molecule has 32 heavy (non-hydrogen) atoms. The van der Waals surface area contributed by atoms with Crippen molar-refractivity contribution in [2.45, 2.75) is 38.3 Å². The Bertz CT molecular complexity index is 1370. The summed E-state index contributed by atoms with van der Waals surface area (Å²) < 4.78 is 3.22. The summed E-state index contributed by atoms with van der Waals surface area (Å²) in [4.78, 5) is 26.9. The molecule has 0 bridgehead atoms. The topological polar surface area (TPSA) is 97.9 Å². The molecule has 0 aliphatic heterocycles. The summed E-state index contributed by atoms with van der Waals surface area (Å²) in [6.07, 6.45) is 5.62. The van der Waals surface area contributed by atoms with Crippen LogP contribution in [0.5, 0.6) is 0 Å². The van der Waals surface area contributed by atoms with Crippen molar-refractivity contribution in [3.8, 4) is 5.82 Å². The Kier molecular flexibility index (Phi) is 4.86. The summed E-state index contributed by atoms with van der Waals surface area (Å²) in [5.74, 6) is 0.891. The number of nitrogens with zero attached hydrogens (tertiary/aromatic N) is 5. The minimum absolute atomic E-state index is 0.225. The molecule has 8 heteroatoms. The smallest absolute Gasteiger partial charge is 0.278 e. The molecule has 162 valence electrons. The molecule has 3 heterocycles. The Labute approximate surface area is 184 Å². The van der Waals surface area contributed by atoms with Crippen LogP contribution in [0.1, 0.15) is 31.0 Å². The highest BCUT2D eigenvalue weighted by Gasteiger charge is 2.32. The average molecular weight is 428 g/mol. The number of aryl methyl sites for hydroxylation is 1. The molecule has 1 aliphatic rings. The van der Waals surface area contributed by atoms with Gasteiger partial charge in [-0.25, -0.2) is 19.3 Å². The maximum atomic E-state index is 13.1. The SMILES string of the molecule is C=CCn1c(=O)c2cnc(Nc3ccccc3)nc2n1-c1ccc2c(n1)C(C)(O)CCC2. The van der Waals surface area contributed by atoms with E-state index in [-0.39, 0.29) is 12.1 Å². The fourth-order valence-electron chi connectivity index (χ4n) is 4.26. The maximum absolute atomic E-state index is 13.1. The summed E-state index contributed by atoms with van der Waals surface area (Å²) in [5.41, 5.74) is 1.72. The Morgan fingerprint density at radius 2 is 2.03 bits per heavy atom. The van der Waals surface area contributed by atoms with Gasteiger partial charge >= 0.3 is 0 Å². The van der Waals surface area contributed by atoms with Gasteiger partial charge in [0.2, 0.25) is 5.95 Å². The molecular formula is C24H24N6O2. The molecule has 0 radical (unpaired) electrons. The number of para-hydroxylation sites is 1. The summed E-state index contributed by atoms with van der Waals surface area (Å²) in [7, 11) is 0. The Balaban J connectivity index is 1.70. The lowest BCUT2D eigenvalue weighted by Crippen LogP contribution is -2.29. The molecule has 0 fully saturated rings.